The summed E-state index contributed by atoms with van der Waals surface area (Å²) in [6, 6.07) is 8.44. The van der Waals surface area contributed by atoms with Gasteiger partial charge in [-0.2, -0.15) is 0 Å². The molecule has 2 aliphatic rings. The molecular formula is C27H31ClN2OS. The highest BCUT2D eigenvalue weighted by Gasteiger charge is 2.20. The van der Waals surface area contributed by atoms with Crippen LogP contribution in [0, 0.1) is 0 Å². The second-order valence-electron chi connectivity index (χ2n) is 7.68. The average molecular weight is 467 g/mol. The summed E-state index contributed by atoms with van der Waals surface area (Å²) in [7, 11) is 0. The molecule has 0 spiro atoms. The van der Waals surface area contributed by atoms with Gasteiger partial charge in [-0.3, -0.25) is 9.79 Å². The number of nitrogens with zero attached hydrogens (tertiary/aromatic N) is 1. The van der Waals surface area contributed by atoms with Crippen molar-refractivity contribution in [2.75, 3.05) is 6.54 Å². The minimum atomic E-state index is 0.0814. The SMILES string of the molecule is CCCCNC(=O)C/C=C\CC1=C(CC)N=C(C2=CCC=C(Cl)C=C2)c2ccccc2S1. The highest BCUT2D eigenvalue weighted by Crippen LogP contribution is 2.39. The number of carbonyl (C=O) groups is 1. The van der Waals surface area contributed by atoms with E-state index in [-0.39, 0.29) is 5.91 Å². The summed E-state index contributed by atoms with van der Waals surface area (Å²) in [5, 5.41) is 3.71. The molecule has 0 radical (unpaired) electrons. The number of fused-ring (bicyclic) bond motifs is 1. The van der Waals surface area contributed by atoms with E-state index in [0.29, 0.717) is 6.42 Å². The summed E-state index contributed by atoms with van der Waals surface area (Å²) in [6.07, 6.45) is 17.2. The van der Waals surface area contributed by atoms with Crippen LogP contribution in [0.4, 0.5) is 0 Å². The summed E-state index contributed by atoms with van der Waals surface area (Å²) >= 11 is 8.00. The Balaban J connectivity index is 1.83. The maximum atomic E-state index is 11.9. The van der Waals surface area contributed by atoms with Crippen LogP contribution >= 0.6 is 23.4 Å². The Kier molecular flexibility index (Phi) is 9.63. The summed E-state index contributed by atoms with van der Waals surface area (Å²) in [6.45, 7) is 5.02. The number of unbranched alkanes of at least 4 members (excludes halogenated alkanes) is 1. The van der Waals surface area contributed by atoms with E-state index in [2.05, 4.69) is 61.7 Å². The minimum absolute atomic E-state index is 0.0814. The Bertz CT molecular complexity index is 1010. The summed E-state index contributed by atoms with van der Waals surface area (Å²) in [4.78, 5) is 19.5. The zero-order chi connectivity index (χ0) is 22.8. The molecule has 3 rings (SSSR count). The molecule has 1 heterocycles. The third kappa shape index (κ3) is 6.85. The van der Waals surface area contributed by atoms with Gasteiger partial charge in [-0.25, -0.2) is 0 Å². The van der Waals surface area contributed by atoms with Gasteiger partial charge in [0, 0.05) is 33.4 Å². The quantitative estimate of drug-likeness (QED) is 0.303. The molecule has 0 aromatic heterocycles. The van der Waals surface area contributed by atoms with Gasteiger partial charge >= 0.3 is 0 Å². The third-order valence-corrected chi connectivity index (χ3v) is 6.76. The average Bonchev–Trinajstić information content (AvgIpc) is 3.10. The van der Waals surface area contributed by atoms with Crippen molar-refractivity contribution in [3.8, 4) is 0 Å². The molecule has 0 fully saturated rings. The van der Waals surface area contributed by atoms with Crippen LogP contribution in [-0.4, -0.2) is 18.2 Å². The molecule has 5 heteroatoms. The van der Waals surface area contributed by atoms with Crippen molar-refractivity contribution >= 4 is 35.0 Å². The van der Waals surface area contributed by atoms with Gasteiger partial charge in [0.25, 0.3) is 0 Å². The van der Waals surface area contributed by atoms with Crippen molar-refractivity contribution in [1.29, 1.82) is 0 Å². The summed E-state index contributed by atoms with van der Waals surface area (Å²) < 4.78 is 0. The first kappa shape index (κ1) is 24.3. The molecule has 0 unspecified atom stereocenters. The number of amides is 1. The summed E-state index contributed by atoms with van der Waals surface area (Å²) in [5.41, 5.74) is 4.33. The lowest BCUT2D eigenvalue weighted by Crippen LogP contribution is -2.23. The van der Waals surface area contributed by atoms with Gasteiger partial charge in [0.1, 0.15) is 0 Å². The molecule has 1 aliphatic heterocycles. The fourth-order valence-corrected chi connectivity index (χ4v) is 4.82. The number of hydrogen-bond acceptors (Lipinski definition) is 3. The van der Waals surface area contributed by atoms with Crippen molar-refractivity contribution in [1.82, 2.24) is 5.32 Å². The van der Waals surface area contributed by atoms with E-state index in [9.17, 15) is 4.79 Å². The second-order valence-corrected chi connectivity index (χ2v) is 9.26. The molecule has 0 bridgehead atoms. The molecule has 1 N–H and O–H groups in total. The van der Waals surface area contributed by atoms with Crippen LogP contribution in [0.5, 0.6) is 0 Å². The van der Waals surface area contributed by atoms with E-state index < -0.39 is 0 Å². The number of rotatable bonds is 9. The van der Waals surface area contributed by atoms with Gasteiger partial charge in [0.2, 0.25) is 5.91 Å². The molecule has 1 aliphatic carbocycles. The monoisotopic (exact) mass is 466 g/mol. The Morgan fingerprint density at radius 2 is 2.03 bits per heavy atom. The predicted molar refractivity (Wildman–Crippen MR) is 138 cm³/mol. The molecular weight excluding hydrogens is 436 g/mol. The third-order valence-electron chi connectivity index (χ3n) is 5.25. The van der Waals surface area contributed by atoms with Gasteiger partial charge in [-0.05, 0) is 43.4 Å². The highest BCUT2D eigenvalue weighted by molar-refractivity contribution is 8.03. The van der Waals surface area contributed by atoms with E-state index >= 15 is 0 Å². The number of benzene rings is 1. The number of carbonyl (C=O) groups excluding carboxylic acids is 1. The molecule has 0 atom stereocenters. The molecule has 1 aromatic carbocycles. The Morgan fingerprint density at radius 3 is 2.84 bits per heavy atom. The number of halogens is 1. The molecule has 0 saturated heterocycles. The van der Waals surface area contributed by atoms with Crippen LogP contribution in [-0.2, 0) is 4.79 Å². The van der Waals surface area contributed by atoms with Gasteiger partial charge in [0.15, 0.2) is 0 Å². The van der Waals surface area contributed by atoms with Crippen molar-refractivity contribution in [2.24, 2.45) is 4.99 Å². The Labute approximate surface area is 201 Å². The fraction of sp³-hybridized carbons (Fsp3) is 0.333. The van der Waals surface area contributed by atoms with Crippen LogP contribution in [0.25, 0.3) is 0 Å². The van der Waals surface area contributed by atoms with Gasteiger partial charge in [0.05, 0.1) is 11.4 Å². The van der Waals surface area contributed by atoms with Crippen LogP contribution in [0.1, 0.15) is 57.9 Å². The lowest BCUT2D eigenvalue weighted by molar-refractivity contribution is -0.120. The van der Waals surface area contributed by atoms with Crippen molar-refractivity contribution in [3.63, 3.8) is 0 Å². The van der Waals surface area contributed by atoms with Crippen molar-refractivity contribution in [2.45, 2.75) is 57.3 Å². The van der Waals surface area contributed by atoms with E-state index in [1.165, 1.54) is 9.80 Å². The van der Waals surface area contributed by atoms with Gasteiger partial charge in [-0.1, -0.05) is 92.2 Å². The number of nitrogens with one attached hydrogen (secondary N) is 1. The van der Waals surface area contributed by atoms with Crippen LogP contribution < -0.4 is 5.32 Å². The smallest absolute Gasteiger partial charge is 0.223 e. The number of aliphatic imine (C=N–C) groups is 1. The zero-order valence-electron chi connectivity index (χ0n) is 18.9. The van der Waals surface area contributed by atoms with Gasteiger partial charge in [-0.15, -0.1) is 0 Å². The summed E-state index contributed by atoms with van der Waals surface area (Å²) in [5.74, 6) is 0.0814. The first-order chi connectivity index (χ1) is 15.6. The van der Waals surface area contributed by atoms with E-state index in [1.807, 2.05) is 18.2 Å². The lowest BCUT2D eigenvalue weighted by atomic mass is 10.0. The topological polar surface area (TPSA) is 41.5 Å². The number of hydrogen-bond donors (Lipinski definition) is 1. The zero-order valence-corrected chi connectivity index (χ0v) is 20.4. The standard InChI is InChI=1S/C27H31ClN2OS/c1-3-5-19-29-26(31)16-9-8-15-25-23(4-2)30-27(20-11-10-12-21(28)18-17-20)22-13-6-7-14-24(22)32-25/h6-9,11-14,17-18H,3-5,10,15-16,19H2,1-2H3,(H,29,31)/b9-8-. The number of allylic oxidation sites excluding steroid dienone is 9. The fourth-order valence-electron chi connectivity index (χ4n) is 3.49. The molecule has 1 aromatic rings. The molecule has 168 valence electrons. The molecule has 32 heavy (non-hydrogen) atoms. The van der Waals surface area contributed by atoms with Crippen LogP contribution in [0.15, 0.2) is 91.8 Å². The Hall–Kier alpha value is -2.30. The lowest BCUT2D eigenvalue weighted by Gasteiger charge is -2.10. The van der Waals surface area contributed by atoms with E-state index in [1.54, 1.807) is 11.8 Å². The Morgan fingerprint density at radius 1 is 1.19 bits per heavy atom. The van der Waals surface area contributed by atoms with Crippen LogP contribution in [0.2, 0.25) is 0 Å². The maximum absolute atomic E-state index is 11.9. The normalized spacial score (nSPS) is 16.2. The first-order valence-electron chi connectivity index (χ1n) is 11.4. The predicted octanol–water partition coefficient (Wildman–Crippen LogP) is 7.46. The first-order valence-corrected chi connectivity index (χ1v) is 12.6. The molecule has 3 nitrogen and oxygen atoms in total. The maximum Gasteiger partial charge on any atom is 0.223 e. The molecule has 1 amide bonds. The van der Waals surface area contributed by atoms with E-state index in [0.717, 1.165) is 66.2 Å². The second kappa shape index (κ2) is 12.7. The minimum Gasteiger partial charge on any atom is -0.356 e. The number of thioether (sulfide) groups is 1. The van der Waals surface area contributed by atoms with Crippen molar-refractivity contribution in [3.05, 3.63) is 87.5 Å². The van der Waals surface area contributed by atoms with Crippen molar-refractivity contribution < 1.29 is 4.79 Å². The molecule has 0 saturated carbocycles. The van der Waals surface area contributed by atoms with E-state index in [4.69, 9.17) is 16.6 Å². The largest absolute Gasteiger partial charge is 0.356 e. The van der Waals surface area contributed by atoms with Crippen LogP contribution in [0.3, 0.4) is 0 Å². The van der Waals surface area contributed by atoms with Gasteiger partial charge < -0.3 is 5.32 Å². The highest BCUT2D eigenvalue weighted by atomic mass is 35.5.